The zero-order valence-corrected chi connectivity index (χ0v) is 12.1. The summed E-state index contributed by atoms with van der Waals surface area (Å²) in [6.07, 6.45) is 0.623. The highest BCUT2D eigenvalue weighted by molar-refractivity contribution is 6.21. The highest BCUT2D eigenvalue weighted by Gasteiger charge is 2.35. The van der Waals surface area contributed by atoms with Gasteiger partial charge < -0.3 is 0 Å². The van der Waals surface area contributed by atoms with Gasteiger partial charge >= 0.3 is 0 Å². The summed E-state index contributed by atoms with van der Waals surface area (Å²) < 4.78 is 0. The van der Waals surface area contributed by atoms with Crippen molar-refractivity contribution in [1.82, 2.24) is 4.90 Å². The summed E-state index contributed by atoms with van der Waals surface area (Å²) in [7, 11) is 0. The monoisotopic (exact) mass is 289 g/mol. The molecule has 0 fully saturated rings. The van der Waals surface area contributed by atoms with Crippen molar-refractivity contribution in [3.63, 3.8) is 0 Å². The van der Waals surface area contributed by atoms with Gasteiger partial charge in [0.05, 0.1) is 17.7 Å². The predicted octanol–water partition coefficient (Wildman–Crippen LogP) is 3.24. The average Bonchev–Trinajstić information content (AvgIpc) is 2.80. The van der Waals surface area contributed by atoms with Crippen molar-refractivity contribution in [2.24, 2.45) is 0 Å². The summed E-state index contributed by atoms with van der Waals surface area (Å²) in [5, 5.41) is 0. The van der Waals surface area contributed by atoms with Crippen molar-refractivity contribution >= 4 is 11.8 Å². The molecule has 0 saturated heterocycles. The van der Waals surface area contributed by atoms with Crippen LogP contribution >= 0.6 is 0 Å². The molecular formula is C19H15NO2. The van der Waals surface area contributed by atoms with E-state index in [0.29, 0.717) is 17.5 Å². The quantitative estimate of drug-likeness (QED) is 0.640. The van der Waals surface area contributed by atoms with E-state index in [1.807, 2.05) is 30.3 Å². The number of carbonyl (C=O) groups excluding carboxylic acids is 2. The molecule has 2 aromatic carbocycles. The minimum atomic E-state index is -0.249. The van der Waals surface area contributed by atoms with Crippen molar-refractivity contribution in [3.05, 3.63) is 89.2 Å². The van der Waals surface area contributed by atoms with E-state index >= 15 is 0 Å². The Hall–Kier alpha value is -2.90. The number of rotatable bonds is 4. The number of nitrogens with zero attached hydrogens (tertiary/aromatic N) is 1. The maximum Gasteiger partial charge on any atom is 0.261 e. The first-order valence-electron chi connectivity index (χ1n) is 7.07. The Morgan fingerprint density at radius 2 is 1.45 bits per heavy atom. The number of amides is 2. The molecule has 0 atom stereocenters. The maximum atomic E-state index is 12.4. The number of hydrogen-bond donors (Lipinski definition) is 0. The van der Waals surface area contributed by atoms with E-state index in [1.54, 1.807) is 24.3 Å². The molecule has 1 aliphatic heterocycles. The number of fused-ring (bicyclic) bond motifs is 1. The fourth-order valence-corrected chi connectivity index (χ4v) is 2.59. The third-order valence-electron chi connectivity index (χ3n) is 3.74. The van der Waals surface area contributed by atoms with Crippen molar-refractivity contribution in [1.29, 1.82) is 0 Å². The highest BCUT2D eigenvalue weighted by Crippen LogP contribution is 2.23. The Bertz CT molecular complexity index is 751. The minimum absolute atomic E-state index is 0.227. The second-order valence-electron chi connectivity index (χ2n) is 5.18. The molecule has 0 spiro atoms. The van der Waals surface area contributed by atoms with E-state index in [4.69, 9.17) is 0 Å². The molecule has 3 rings (SSSR count). The van der Waals surface area contributed by atoms with Crippen LogP contribution in [0.1, 0.15) is 26.3 Å². The van der Waals surface area contributed by atoms with Crippen LogP contribution in [0.25, 0.3) is 0 Å². The van der Waals surface area contributed by atoms with Crippen LogP contribution in [0.15, 0.2) is 72.5 Å². The van der Waals surface area contributed by atoms with Gasteiger partial charge in [-0.25, -0.2) is 0 Å². The van der Waals surface area contributed by atoms with Crippen LogP contribution in [0.4, 0.5) is 0 Å². The normalized spacial score (nSPS) is 13.0. The molecule has 0 aliphatic carbocycles. The molecule has 1 heterocycles. The summed E-state index contributed by atoms with van der Waals surface area (Å²) in [5.41, 5.74) is 5.72. The molecule has 2 aromatic rings. The van der Waals surface area contributed by atoms with Gasteiger partial charge in [0.25, 0.3) is 11.8 Å². The lowest BCUT2D eigenvalue weighted by molar-refractivity contribution is 0.0667. The first-order chi connectivity index (χ1) is 10.7. The van der Waals surface area contributed by atoms with Gasteiger partial charge in [0, 0.05) is 6.42 Å². The third-order valence-corrected chi connectivity index (χ3v) is 3.74. The van der Waals surface area contributed by atoms with Crippen LogP contribution < -0.4 is 0 Å². The second-order valence-corrected chi connectivity index (χ2v) is 5.18. The SMILES string of the molecule is C=C=C(Cc1ccccc1)CN1C(=O)c2ccccc2C1=O. The molecular weight excluding hydrogens is 274 g/mol. The van der Waals surface area contributed by atoms with Crippen LogP contribution in [-0.2, 0) is 6.42 Å². The third kappa shape index (κ3) is 2.50. The number of benzene rings is 2. The molecule has 22 heavy (non-hydrogen) atoms. The van der Waals surface area contributed by atoms with E-state index in [-0.39, 0.29) is 18.4 Å². The standard InChI is InChI=1S/C19H15NO2/c1-2-14(12-15-8-4-3-5-9-15)13-20-18(21)16-10-6-7-11-17(16)19(20)22/h3-11H,1,12-13H2. The van der Waals surface area contributed by atoms with Crippen molar-refractivity contribution in [2.75, 3.05) is 6.54 Å². The van der Waals surface area contributed by atoms with Crippen molar-refractivity contribution < 1.29 is 9.59 Å². The lowest BCUT2D eigenvalue weighted by Gasteiger charge is -2.15. The molecule has 3 heteroatoms. The van der Waals surface area contributed by atoms with Crippen LogP contribution in [-0.4, -0.2) is 23.3 Å². The van der Waals surface area contributed by atoms with E-state index in [1.165, 1.54) is 4.90 Å². The molecule has 0 N–H and O–H groups in total. The molecule has 108 valence electrons. The lowest BCUT2D eigenvalue weighted by Crippen LogP contribution is -2.32. The number of imide groups is 1. The van der Waals surface area contributed by atoms with Gasteiger partial charge in [0.15, 0.2) is 0 Å². The predicted molar refractivity (Wildman–Crippen MR) is 84.6 cm³/mol. The fourth-order valence-electron chi connectivity index (χ4n) is 2.59. The van der Waals surface area contributed by atoms with Gasteiger partial charge in [0.1, 0.15) is 0 Å². The maximum absolute atomic E-state index is 12.4. The Morgan fingerprint density at radius 3 is 2.00 bits per heavy atom. The summed E-state index contributed by atoms with van der Waals surface area (Å²) in [6.45, 7) is 3.91. The van der Waals surface area contributed by atoms with Gasteiger partial charge in [-0.2, -0.15) is 0 Å². The minimum Gasteiger partial charge on any atom is -0.270 e. The van der Waals surface area contributed by atoms with Crippen molar-refractivity contribution in [2.45, 2.75) is 6.42 Å². The highest BCUT2D eigenvalue weighted by atomic mass is 16.2. The van der Waals surface area contributed by atoms with Crippen LogP contribution in [0.3, 0.4) is 0 Å². The second kappa shape index (κ2) is 5.84. The van der Waals surface area contributed by atoms with Crippen molar-refractivity contribution in [3.8, 4) is 0 Å². The summed E-state index contributed by atoms with van der Waals surface area (Å²) in [4.78, 5) is 26.0. The smallest absolute Gasteiger partial charge is 0.261 e. The summed E-state index contributed by atoms with van der Waals surface area (Å²) in [6, 6.07) is 16.8. The molecule has 0 radical (unpaired) electrons. The molecule has 0 unspecified atom stereocenters. The summed E-state index contributed by atoms with van der Waals surface area (Å²) in [5.74, 6) is -0.497. The van der Waals surface area contributed by atoms with E-state index in [2.05, 4.69) is 12.3 Å². The summed E-state index contributed by atoms with van der Waals surface area (Å²) >= 11 is 0. The Kier molecular flexibility index (Phi) is 3.73. The van der Waals surface area contributed by atoms with Crippen LogP contribution in [0.5, 0.6) is 0 Å². The van der Waals surface area contributed by atoms with E-state index in [0.717, 1.165) is 11.1 Å². The van der Waals surface area contributed by atoms with Gasteiger partial charge in [-0.15, -0.1) is 5.73 Å². The fraction of sp³-hybridized carbons (Fsp3) is 0.105. The molecule has 0 aromatic heterocycles. The van der Waals surface area contributed by atoms with Gasteiger partial charge in [0.2, 0.25) is 0 Å². The lowest BCUT2D eigenvalue weighted by atomic mass is 10.1. The zero-order valence-electron chi connectivity index (χ0n) is 12.1. The van der Waals surface area contributed by atoms with Crippen LogP contribution in [0, 0.1) is 0 Å². The van der Waals surface area contributed by atoms with Gasteiger partial charge in [-0.05, 0) is 23.3 Å². The number of hydrogen-bond acceptors (Lipinski definition) is 2. The molecule has 2 amide bonds. The Balaban J connectivity index is 1.80. The van der Waals surface area contributed by atoms with E-state index in [9.17, 15) is 9.59 Å². The zero-order chi connectivity index (χ0) is 15.5. The topological polar surface area (TPSA) is 37.4 Å². The Labute approximate surface area is 129 Å². The first kappa shape index (κ1) is 14.1. The molecule has 1 aliphatic rings. The molecule has 0 bridgehead atoms. The Morgan fingerprint density at radius 1 is 0.909 bits per heavy atom. The van der Waals surface area contributed by atoms with E-state index < -0.39 is 0 Å². The van der Waals surface area contributed by atoms with Crippen LogP contribution in [0.2, 0.25) is 0 Å². The van der Waals surface area contributed by atoms with Gasteiger partial charge in [-0.3, -0.25) is 14.5 Å². The average molecular weight is 289 g/mol. The number of carbonyl (C=O) groups is 2. The molecule has 3 nitrogen and oxygen atoms in total. The largest absolute Gasteiger partial charge is 0.270 e. The molecule has 0 saturated carbocycles. The van der Waals surface area contributed by atoms with Gasteiger partial charge in [-0.1, -0.05) is 49.0 Å². The first-order valence-corrected chi connectivity index (χ1v) is 7.07.